The van der Waals surface area contributed by atoms with Gasteiger partial charge in [0.2, 0.25) is 5.91 Å². The lowest BCUT2D eigenvalue weighted by Crippen LogP contribution is -2.48. The minimum Gasteiger partial charge on any atom is -0.362 e. The zero-order valence-electron chi connectivity index (χ0n) is 15.6. The molecule has 0 aromatic carbocycles. The molecule has 0 radical (unpaired) electrons. The SMILES string of the molecule is CCNC(=NCc1cccnc1N(C)C)NCC(=O)NC(C)(C)C. The van der Waals surface area contributed by atoms with Gasteiger partial charge >= 0.3 is 0 Å². The summed E-state index contributed by atoms with van der Waals surface area (Å²) < 4.78 is 0. The number of pyridine rings is 1. The Balaban J connectivity index is 2.71. The highest BCUT2D eigenvalue weighted by Crippen LogP contribution is 2.15. The van der Waals surface area contributed by atoms with Gasteiger partial charge in [0.1, 0.15) is 5.82 Å². The van der Waals surface area contributed by atoms with Crippen molar-refractivity contribution in [1.82, 2.24) is 20.9 Å². The Labute approximate surface area is 144 Å². The summed E-state index contributed by atoms with van der Waals surface area (Å²) in [6, 6.07) is 3.90. The van der Waals surface area contributed by atoms with Gasteiger partial charge in [0.15, 0.2) is 5.96 Å². The van der Waals surface area contributed by atoms with Gasteiger partial charge in [-0.1, -0.05) is 6.07 Å². The lowest BCUT2D eigenvalue weighted by Gasteiger charge is -2.21. The molecule has 7 heteroatoms. The van der Waals surface area contributed by atoms with Crippen LogP contribution >= 0.6 is 0 Å². The van der Waals surface area contributed by atoms with Crippen LogP contribution in [0.4, 0.5) is 5.82 Å². The molecular formula is C17H30N6O. The molecule has 0 aliphatic carbocycles. The lowest BCUT2D eigenvalue weighted by atomic mass is 10.1. The number of nitrogens with zero attached hydrogens (tertiary/aromatic N) is 3. The maximum absolute atomic E-state index is 11.9. The van der Waals surface area contributed by atoms with Crippen molar-refractivity contribution in [2.45, 2.75) is 39.8 Å². The summed E-state index contributed by atoms with van der Waals surface area (Å²) in [5, 5.41) is 9.11. The summed E-state index contributed by atoms with van der Waals surface area (Å²) in [6.45, 7) is 9.23. The maximum Gasteiger partial charge on any atom is 0.239 e. The molecule has 1 aromatic rings. The van der Waals surface area contributed by atoms with Crippen LogP contribution in [0.1, 0.15) is 33.3 Å². The van der Waals surface area contributed by atoms with E-state index >= 15 is 0 Å². The van der Waals surface area contributed by atoms with Crippen LogP contribution in [0.15, 0.2) is 23.3 Å². The topological polar surface area (TPSA) is 81.7 Å². The van der Waals surface area contributed by atoms with E-state index in [4.69, 9.17) is 0 Å². The van der Waals surface area contributed by atoms with E-state index in [-0.39, 0.29) is 18.0 Å². The van der Waals surface area contributed by atoms with E-state index in [0.717, 1.165) is 17.9 Å². The molecule has 0 unspecified atom stereocenters. The molecular weight excluding hydrogens is 304 g/mol. The Morgan fingerprint density at radius 1 is 1.29 bits per heavy atom. The van der Waals surface area contributed by atoms with Crippen LogP contribution in [0.25, 0.3) is 0 Å². The number of aromatic nitrogens is 1. The van der Waals surface area contributed by atoms with E-state index in [1.54, 1.807) is 6.20 Å². The third kappa shape index (κ3) is 7.30. The summed E-state index contributed by atoms with van der Waals surface area (Å²) in [7, 11) is 3.91. The first kappa shape index (κ1) is 19.7. The second-order valence-electron chi connectivity index (χ2n) is 6.73. The van der Waals surface area contributed by atoms with E-state index in [9.17, 15) is 4.79 Å². The zero-order chi connectivity index (χ0) is 18.2. The predicted molar refractivity (Wildman–Crippen MR) is 99.3 cm³/mol. The highest BCUT2D eigenvalue weighted by molar-refractivity contribution is 5.86. The molecule has 3 N–H and O–H groups in total. The monoisotopic (exact) mass is 334 g/mol. The van der Waals surface area contributed by atoms with Crippen molar-refractivity contribution in [3.05, 3.63) is 23.9 Å². The molecule has 0 saturated heterocycles. The predicted octanol–water partition coefficient (Wildman–Crippen LogP) is 1.12. The van der Waals surface area contributed by atoms with E-state index < -0.39 is 0 Å². The normalized spacial score (nSPS) is 11.8. The van der Waals surface area contributed by atoms with Crippen molar-refractivity contribution in [2.24, 2.45) is 4.99 Å². The largest absolute Gasteiger partial charge is 0.362 e. The van der Waals surface area contributed by atoms with Crippen molar-refractivity contribution < 1.29 is 4.79 Å². The average Bonchev–Trinajstić information content (AvgIpc) is 2.48. The van der Waals surface area contributed by atoms with Crippen molar-refractivity contribution in [1.29, 1.82) is 0 Å². The molecule has 0 spiro atoms. The number of amides is 1. The molecule has 0 bridgehead atoms. The van der Waals surface area contributed by atoms with Gasteiger partial charge in [0.25, 0.3) is 0 Å². The van der Waals surface area contributed by atoms with Crippen LogP contribution in [-0.4, -0.2) is 49.6 Å². The van der Waals surface area contributed by atoms with E-state index in [1.807, 2.05) is 58.8 Å². The fourth-order valence-electron chi connectivity index (χ4n) is 2.09. The molecule has 134 valence electrons. The third-order valence-corrected chi connectivity index (χ3v) is 2.97. The number of aliphatic imine (C=N–C) groups is 1. The lowest BCUT2D eigenvalue weighted by molar-refractivity contribution is -0.121. The van der Waals surface area contributed by atoms with Gasteiger partial charge in [-0.05, 0) is 33.8 Å². The molecule has 1 aromatic heterocycles. The first-order valence-corrected chi connectivity index (χ1v) is 8.17. The molecule has 24 heavy (non-hydrogen) atoms. The number of hydrogen-bond donors (Lipinski definition) is 3. The Bertz CT molecular complexity index is 562. The first-order valence-electron chi connectivity index (χ1n) is 8.17. The van der Waals surface area contributed by atoms with Crippen molar-refractivity contribution >= 4 is 17.7 Å². The Morgan fingerprint density at radius 3 is 2.58 bits per heavy atom. The van der Waals surface area contributed by atoms with Gasteiger partial charge in [-0.15, -0.1) is 0 Å². The molecule has 1 heterocycles. The Morgan fingerprint density at radius 2 is 2.00 bits per heavy atom. The summed E-state index contributed by atoms with van der Waals surface area (Å²) >= 11 is 0. The van der Waals surface area contributed by atoms with E-state index in [1.165, 1.54) is 0 Å². The Hall–Kier alpha value is -2.31. The highest BCUT2D eigenvalue weighted by Gasteiger charge is 2.13. The van der Waals surface area contributed by atoms with Crippen LogP contribution < -0.4 is 20.9 Å². The quantitative estimate of drug-likeness (QED) is 0.536. The van der Waals surface area contributed by atoms with Gasteiger partial charge in [-0.25, -0.2) is 9.98 Å². The standard InChI is InChI=1S/C17H30N6O/c1-7-18-16(21-12-14(24)22-17(2,3)4)20-11-13-9-8-10-19-15(13)23(5)6/h8-10H,7,11-12H2,1-6H3,(H,22,24)(H2,18,20,21). The molecule has 0 atom stereocenters. The van der Waals surface area contributed by atoms with Gasteiger partial charge < -0.3 is 20.9 Å². The minimum absolute atomic E-state index is 0.0662. The van der Waals surface area contributed by atoms with Gasteiger partial charge in [0, 0.05) is 37.9 Å². The number of carbonyl (C=O) groups is 1. The fourth-order valence-corrected chi connectivity index (χ4v) is 2.09. The van der Waals surface area contributed by atoms with Gasteiger partial charge in [-0.2, -0.15) is 0 Å². The second kappa shape index (κ2) is 9.10. The molecule has 1 rings (SSSR count). The van der Waals surface area contributed by atoms with Crippen LogP contribution in [-0.2, 0) is 11.3 Å². The van der Waals surface area contributed by atoms with Crippen molar-refractivity contribution in [3.63, 3.8) is 0 Å². The molecule has 0 aliphatic heterocycles. The number of carbonyl (C=O) groups excluding carboxylic acids is 1. The average molecular weight is 334 g/mol. The molecule has 0 aliphatic rings. The maximum atomic E-state index is 11.9. The van der Waals surface area contributed by atoms with Crippen LogP contribution in [0.2, 0.25) is 0 Å². The number of nitrogens with one attached hydrogen (secondary N) is 3. The molecule has 7 nitrogen and oxygen atoms in total. The van der Waals surface area contributed by atoms with Crippen LogP contribution in [0, 0.1) is 0 Å². The summed E-state index contributed by atoms with van der Waals surface area (Å²) in [5.41, 5.74) is 0.781. The summed E-state index contributed by atoms with van der Waals surface area (Å²) in [6.07, 6.45) is 1.77. The number of guanidine groups is 1. The van der Waals surface area contributed by atoms with Crippen molar-refractivity contribution in [3.8, 4) is 0 Å². The van der Waals surface area contributed by atoms with Gasteiger partial charge in [-0.3, -0.25) is 4.79 Å². The third-order valence-electron chi connectivity index (χ3n) is 2.97. The van der Waals surface area contributed by atoms with E-state index in [2.05, 4.69) is 25.9 Å². The van der Waals surface area contributed by atoms with Crippen LogP contribution in [0.3, 0.4) is 0 Å². The smallest absolute Gasteiger partial charge is 0.239 e. The highest BCUT2D eigenvalue weighted by atomic mass is 16.2. The number of rotatable bonds is 6. The summed E-state index contributed by atoms with van der Waals surface area (Å²) in [4.78, 5) is 22.8. The van der Waals surface area contributed by atoms with Gasteiger partial charge in [0.05, 0.1) is 13.1 Å². The summed E-state index contributed by atoms with van der Waals surface area (Å²) in [5.74, 6) is 1.43. The molecule has 1 amide bonds. The van der Waals surface area contributed by atoms with Crippen molar-refractivity contribution in [2.75, 3.05) is 32.1 Å². The first-order chi connectivity index (χ1) is 11.2. The molecule has 0 saturated carbocycles. The zero-order valence-corrected chi connectivity index (χ0v) is 15.6. The van der Waals surface area contributed by atoms with Crippen LogP contribution in [0.5, 0.6) is 0 Å². The second-order valence-corrected chi connectivity index (χ2v) is 6.73. The number of hydrogen-bond acceptors (Lipinski definition) is 4. The number of anilines is 1. The fraction of sp³-hybridized carbons (Fsp3) is 0.588. The molecule has 0 fully saturated rings. The minimum atomic E-state index is -0.245. The van der Waals surface area contributed by atoms with E-state index in [0.29, 0.717) is 12.5 Å². The Kier molecular flexibility index (Phi) is 7.48.